The molecule has 0 bridgehead atoms. The van der Waals surface area contributed by atoms with E-state index in [4.69, 9.17) is 5.11 Å². The molecule has 1 N–H and O–H groups in total. The molecule has 0 aliphatic rings. The summed E-state index contributed by atoms with van der Waals surface area (Å²) in [7, 11) is 0. The summed E-state index contributed by atoms with van der Waals surface area (Å²) in [5, 5.41) is 17.8. The number of carboxylic acids is 2. The molecule has 0 rings (SSSR count). The maximum Gasteiger partial charge on any atom is 1.00 e. The molecule has 0 atom stereocenters. The molecular formula is C21H39NaO4. The standard InChI is InChI=1S/C18H34O2.C3H6O2.Na/c1-2-3-4-5-6-7-8-9-10-11-12-13-14-15-16-17-18(19)20;1-2-3(4)5;/h9-10H,2-8,11-17H2,1H3,(H,19,20);2H2,1H3,(H,4,5);/q;;+1/p-1. The molecule has 0 radical (unpaired) electrons. The van der Waals surface area contributed by atoms with E-state index >= 15 is 0 Å². The van der Waals surface area contributed by atoms with Crippen LogP contribution in [-0.2, 0) is 9.59 Å². The van der Waals surface area contributed by atoms with E-state index in [0.29, 0.717) is 6.42 Å². The fraction of sp³-hybridized carbons (Fsp3) is 0.810. The van der Waals surface area contributed by atoms with Crippen LogP contribution in [0.15, 0.2) is 12.2 Å². The second-order valence-electron chi connectivity index (χ2n) is 6.45. The Kier molecular flexibility index (Phi) is 31.5. The van der Waals surface area contributed by atoms with Crippen LogP contribution in [0.1, 0.15) is 110 Å². The van der Waals surface area contributed by atoms with Gasteiger partial charge in [0, 0.05) is 12.4 Å². The summed E-state index contributed by atoms with van der Waals surface area (Å²) >= 11 is 0. The molecule has 148 valence electrons. The maximum atomic E-state index is 10.3. The molecule has 0 amide bonds. The van der Waals surface area contributed by atoms with Gasteiger partial charge in [-0.2, -0.15) is 0 Å². The first-order chi connectivity index (χ1) is 12.0. The van der Waals surface area contributed by atoms with E-state index in [9.17, 15) is 14.7 Å². The Hall–Kier alpha value is -0.320. The van der Waals surface area contributed by atoms with Gasteiger partial charge >= 0.3 is 35.5 Å². The van der Waals surface area contributed by atoms with Crippen molar-refractivity contribution in [3.8, 4) is 0 Å². The van der Waals surface area contributed by atoms with E-state index in [-0.39, 0.29) is 36.0 Å². The molecule has 4 nitrogen and oxygen atoms in total. The van der Waals surface area contributed by atoms with Crippen LogP contribution in [-0.4, -0.2) is 17.0 Å². The van der Waals surface area contributed by atoms with E-state index in [1.54, 1.807) is 0 Å². The number of allylic oxidation sites excluding steroid dienone is 2. The van der Waals surface area contributed by atoms with Gasteiger partial charge in [-0.15, -0.1) is 0 Å². The van der Waals surface area contributed by atoms with Crippen molar-refractivity contribution >= 4 is 11.9 Å². The molecule has 0 aliphatic heterocycles. The van der Waals surface area contributed by atoms with Gasteiger partial charge in [-0.1, -0.05) is 77.4 Å². The van der Waals surface area contributed by atoms with Crippen LogP contribution in [0.5, 0.6) is 0 Å². The Morgan fingerprint density at radius 2 is 1.15 bits per heavy atom. The quantitative estimate of drug-likeness (QED) is 0.254. The average Bonchev–Trinajstić information content (AvgIpc) is 2.58. The number of rotatable bonds is 16. The molecule has 0 spiro atoms. The van der Waals surface area contributed by atoms with Crippen molar-refractivity contribution in [1.29, 1.82) is 0 Å². The van der Waals surface area contributed by atoms with Crippen LogP contribution in [0, 0.1) is 0 Å². The summed E-state index contributed by atoms with van der Waals surface area (Å²) < 4.78 is 0. The third-order valence-corrected chi connectivity index (χ3v) is 3.94. The molecule has 0 fully saturated rings. The van der Waals surface area contributed by atoms with Crippen LogP contribution in [0.4, 0.5) is 0 Å². The van der Waals surface area contributed by atoms with Crippen LogP contribution in [0.3, 0.4) is 0 Å². The van der Waals surface area contributed by atoms with E-state index in [1.807, 2.05) is 0 Å². The zero-order valence-corrected chi connectivity index (χ0v) is 19.4. The first-order valence-corrected chi connectivity index (χ1v) is 10.1. The average molecular weight is 379 g/mol. The molecular weight excluding hydrogens is 339 g/mol. The molecule has 0 heterocycles. The second kappa shape index (κ2) is 26.9. The van der Waals surface area contributed by atoms with Gasteiger partial charge in [0.05, 0.1) is 0 Å². The minimum atomic E-state index is -0.995. The van der Waals surface area contributed by atoms with Gasteiger partial charge in [0.15, 0.2) is 0 Å². The monoisotopic (exact) mass is 378 g/mol. The predicted molar refractivity (Wildman–Crippen MR) is 102 cm³/mol. The third-order valence-electron chi connectivity index (χ3n) is 3.94. The predicted octanol–water partition coefficient (Wildman–Crippen LogP) is 2.26. The van der Waals surface area contributed by atoms with Gasteiger partial charge < -0.3 is 15.0 Å². The Morgan fingerprint density at radius 1 is 0.769 bits per heavy atom. The van der Waals surface area contributed by atoms with Gasteiger partial charge in [-0.25, -0.2) is 0 Å². The number of unbranched alkanes of at least 4 members (excludes halogenated alkanes) is 11. The van der Waals surface area contributed by atoms with Crippen molar-refractivity contribution < 1.29 is 49.4 Å². The van der Waals surface area contributed by atoms with Crippen molar-refractivity contribution in [3.63, 3.8) is 0 Å². The molecule has 0 aromatic carbocycles. The molecule has 0 saturated carbocycles. The number of carboxylic acid groups (broad SMARTS) is 2. The van der Waals surface area contributed by atoms with Gasteiger partial charge in [0.1, 0.15) is 0 Å². The number of carbonyl (C=O) groups is 2. The number of carbonyl (C=O) groups excluding carboxylic acids is 1. The Labute approximate surface area is 183 Å². The van der Waals surface area contributed by atoms with E-state index in [1.165, 1.54) is 77.6 Å². The summed E-state index contributed by atoms with van der Waals surface area (Å²) in [5.41, 5.74) is 0. The Morgan fingerprint density at radius 3 is 1.54 bits per heavy atom. The van der Waals surface area contributed by atoms with Crippen LogP contribution in [0.25, 0.3) is 0 Å². The van der Waals surface area contributed by atoms with Gasteiger partial charge in [-0.3, -0.25) is 4.79 Å². The zero-order valence-electron chi connectivity index (χ0n) is 17.4. The Balaban J connectivity index is -0.000000772. The van der Waals surface area contributed by atoms with Crippen molar-refractivity contribution in [2.24, 2.45) is 0 Å². The van der Waals surface area contributed by atoms with Crippen molar-refractivity contribution in [2.75, 3.05) is 0 Å². The summed E-state index contributed by atoms with van der Waals surface area (Å²) in [6, 6.07) is 0. The molecule has 0 aromatic rings. The zero-order chi connectivity index (χ0) is 19.2. The molecule has 0 saturated heterocycles. The first-order valence-electron chi connectivity index (χ1n) is 10.1. The molecule has 0 aromatic heterocycles. The van der Waals surface area contributed by atoms with Crippen LogP contribution in [0.2, 0.25) is 0 Å². The van der Waals surface area contributed by atoms with Crippen molar-refractivity contribution in [1.82, 2.24) is 0 Å². The Bertz CT molecular complexity index is 330. The largest absolute Gasteiger partial charge is 1.00 e. The number of aliphatic carboxylic acids is 2. The van der Waals surface area contributed by atoms with Crippen molar-refractivity contribution in [2.45, 2.75) is 110 Å². The fourth-order valence-electron chi connectivity index (χ4n) is 2.35. The first kappa shape index (κ1) is 30.4. The summed E-state index contributed by atoms with van der Waals surface area (Å²) in [6.07, 6.45) is 21.4. The van der Waals surface area contributed by atoms with Gasteiger partial charge in [0.2, 0.25) is 0 Å². The van der Waals surface area contributed by atoms with E-state index in [2.05, 4.69) is 19.1 Å². The number of hydrogen-bond acceptors (Lipinski definition) is 3. The molecule has 26 heavy (non-hydrogen) atoms. The topological polar surface area (TPSA) is 77.4 Å². The minimum Gasteiger partial charge on any atom is -0.550 e. The minimum absolute atomic E-state index is 0. The summed E-state index contributed by atoms with van der Waals surface area (Å²) in [4.78, 5) is 19.6. The van der Waals surface area contributed by atoms with Crippen molar-refractivity contribution in [3.05, 3.63) is 12.2 Å². The second-order valence-corrected chi connectivity index (χ2v) is 6.45. The SMILES string of the molecule is CCC(=O)[O-].CCCCCCCCC=CCCCCCCCC(=O)O.[Na+]. The normalized spacial score (nSPS) is 10.1. The maximum absolute atomic E-state index is 10.3. The summed E-state index contributed by atoms with van der Waals surface area (Å²) in [6.45, 7) is 3.80. The smallest absolute Gasteiger partial charge is 0.550 e. The van der Waals surface area contributed by atoms with Crippen LogP contribution >= 0.6 is 0 Å². The molecule has 0 unspecified atom stereocenters. The van der Waals surface area contributed by atoms with E-state index < -0.39 is 11.9 Å². The fourth-order valence-corrected chi connectivity index (χ4v) is 2.35. The molecule has 0 aliphatic carbocycles. The number of hydrogen-bond donors (Lipinski definition) is 1. The van der Waals surface area contributed by atoms with Gasteiger partial charge in [-0.05, 0) is 38.5 Å². The summed E-state index contributed by atoms with van der Waals surface area (Å²) in [5.74, 6) is -1.66. The van der Waals surface area contributed by atoms with E-state index in [0.717, 1.165) is 12.8 Å². The van der Waals surface area contributed by atoms with Crippen LogP contribution < -0.4 is 34.7 Å². The third kappa shape index (κ3) is 34.9. The molecule has 5 heteroatoms. The van der Waals surface area contributed by atoms with Gasteiger partial charge in [0.25, 0.3) is 0 Å².